The first kappa shape index (κ1) is 33.9. The Morgan fingerprint density at radius 3 is 1.30 bits per heavy atom. The first-order valence-electron chi connectivity index (χ1n) is 12.3. The molecule has 0 saturated heterocycles. The van der Waals surface area contributed by atoms with Crippen molar-refractivity contribution in [3.8, 4) is 33.8 Å². The normalized spacial score (nSPS) is 9.32. The van der Waals surface area contributed by atoms with Crippen molar-refractivity contribution < 1.29 is 20.1 Å². The molecular weight excluding hydrogens is 568 g/mol. The van der Waals surface area contributed by atoms with Crippen LogP contribution in [0.25, 0.3) is 31.9 Å². The summed E-state index contributed by atoms with van der Waals surface area (Å²) < 4.78 is 5.47. The summed E-state index contributed by atoms with van der Waals surface area (Å²) in [5.74, 6) is 1.06. The molecule has 4 rings (SSSR count). The fourth-order valence-corrected chi connectivity index (χ4v) is 3.42. The minimum Gasteiger partial charge on any atom is -0.508 e. The van der Waals surface area contributed by atoms with Crippen LogP contribution < -0.4 is 4.74 Å². The highest BCUT2D eigenvalue weighted by Gasteiger charge is 2.00. The van der Waals surface area contributed by atoms with Crippen LogP contribution in [0, 0.1) is 13.1 Å². The lowest BCUT2D eigenvalue weighted by molar-refractivity contribution is 0.233. The number of ether oxygens (including phenoxy) is 1. The van der Waals surface area contributed by atoms with Crippen LogP contribution in [0.5, 0.6) is 11.5 Å². The number of hydrogen-bond acceptors (Lipinski definition) is 4. The molecule has 0 aliphatic rings. The van der Waals surface area contributed by atoms with Gasteiger partial charge in [-0.05, 0) is 52.9 Å². The molecular formula is C33H35BrN2O4. The van der Waals surface area contributed by atoms with Gasteiger partial charge in [-0.1, -0.05) is 96.2 Å². The summed E-state index contributed by atoms with van der Waals surface area (Å²) in [7, 11) is 0. The van der Waals surface area contributed by atoms with Gasteiger partial charge in [0.2, 0.25) is 0 Å². The Balaban J connectivity index is 0.000000341. The Bertz CT molecular complexity index is 1310. The largest absolute Gasteiger partial charge is 0.508 e. The van der Waals surface area contributed by atoms with Gasteiger partial charge in [0.05, 0.1) is 19.8 Å². The minimum atomic E-state index is 0. The van der Waals surface area contributed by atoms with Gasteiger partial charge >= 0.3 is 0 Å². The second kappa shape index (κ2) is 19.9. The maximum atomic E-state index is 9.15. The molecule has 0 atom stereocenters. The van der Waals surface area contributed by atoms with E-state index in [1.54, 1.807) is 24.3 Å². The zero-order chi connectivity index (χ0) is 28.3. The lowest BCUT2D eigenvalue weighted by Crippen LogP contribution is -1.99. The fourth-order valence-electron chi connectivity index (χ4n) is 3.17. The molecule has 0 saturated carbocycles. The summed E-state index contributed by atoms with van der Waals surface area (Å²) >= 11 is 3.15. The number of alkyl halides is 1. The third-order valence-electron chi connectivity index (χ3n) is 5.24. The zero-order valence-electron chi connectivity index (χ0n) is 21.5. The van der Waals surface area contributed by atoms with Crippen molar-refractivity contribution in [1.29, 1.82) is 0 Å². The van der Waals surface area contributed by atoms with Crippen LogP contribution in [-0.4, -0.2) is 40.5 Å². The first-order chi connectivity index (χ1) is 19.0. The van der Waals surface area contributed by atoms with E-state index >= 15 is 0 Å². The third kappa shape index (κ3) is 12.1. The van der Waals surface area contributed by atoms with Crippen LogP contribution in [0.3, 0.4) is 0 Å². The van der Waals surface area contributed by atoms with E-state index in [1.165, 1.54) is 0 Å². The van der Waals surface area contributed by atoms with Crippen molar-refractivity contribution >= 4 is 27.3 Å². The van der Waals surface area contributed by atoms with Crippen LogP contribution >= 0.6 is 15.9 Å². The Morgan fingerprint density at radius 2 is 0.975 bits per heavy atom. The molecule has 0 amide bonds. The van der Waals surface area contributed by atoms with E-state index < -0.39 is 0 Å². The van der Waals surface area contributed by atoms with Gasteiger partial charge < -0.3 is 20.1 Å². The predicted molar refractivity (Wildman–Crippen MR) is 167 cm³/mol. The van der Waals surface area contributed by atoms with Crippen molar-refractivity contribution in [3.05, 3.63) is 120 Å². The highest BCUT2D eigenvalue weighted by atomic mass is 79.9. The van der Waals surface area contributed by atoms with Crippen molar-refractivity contribution in [1.82, 2.24) is 0 Å². The molecule has 0 heterocycles. The zero-order valence-corrected chi connectivity index (χ0v) is 23.1. The van der Waals surface area contributed by atoms with E-state index in [4.69, 9.17) is 33.2 Å². The quantitative estimate of drug-likeness (QED) is 0.107. The summed E-state index contributed by atoms with van der Waals surface area (Å²) in [6.07, 6.45) is 1.50. The summed E-state index contributed by atoms with van der Waals surface area (Å²) in [6, 6.07) is 29.7. The van der Waals surface area contributed by atoms with Gasteiger partial charge in [0.15, 0.2) is 11.4 Å². The first-order valence-corrected chi connectivity index (χ1v) is 13.4. The molecule has 0 aromatic heterocycles. The highest BCUT2D eigenvalue weighted by Crippen LogP contribution is 2.25. The number of rotatable bonds is 8. The second-order valence-electron chi connectivity index (χ2n) is 8.08. The number of phenolic OH excluding ortho intramolecular Hbond substituents is 1. The SMILES string of the molecule is C.OCCCBr.[C-]#[N+]c1ccc(-c2ccc(O)cc2)cc1.[C-]#[N+]c1ccc(-c2ccc(OCCCO)cc2)cc1. The molecule has 0 radical (unpaired) electrons. The van der Waals surface area contributed by atoms with E-state index in [-0.39, 0.29) is 19.8 Å². The van der Waals surface area contributed by atoms with Crippen LogP contribution in [0.1, 0.15) is 20.3 Å². The monoisotopic (exact) mass is 602 g/mol. The van der Waals surface area contributed by atoms with Gasteiger partial charge in [0.25, 0.3) is 0 Å². The van der Waals surface area contributed by atoms with Gasteiger partial charge in [-0.15, -0.1) is 0 Å². The number of aliphatic hydroxyl groups is 2. The summed E-state index contributed by atoms with van der Waals surface area (Å²) in [6.45, 7) is 14.7. The molecule has 7 heteroatoms. The van der Waals surface area contributed by atoms with Crippen LogP contribution in [0.15, 0.2) is 97.1 Å². The summed E-state index contributed by atoms with van der Waals surface area (Å²) in [5, 5.41) is 26.8. The topological polar surface area (TPSA) is 78.6 Å². The molecule has 208 valence electrons. The van der Waals surface area contributed by atoms with Crippen molar-refractivity contribution in [2.75, 3.05) is 25.2 Å². The number of nitrogens with zero attached hydrogens (tertiary/aromatic N) is 2. The van der Waals surface area contributed by atoms with Gasteiger partial charge in [-0.25, -0.2) is 9.69 Å². The van der Waals surface area contributed by atoms with E-state index in [1.807, 2.05) is 72.8 Å². The van der Waals surface area contributed by atoms with Gasteiger partial charge in [-0.3, -0.25) is 0 Å². The third-order valence-corrected chi connectivity index (χ3v) is 5.80. The van der Waals surface area contributed by atoms with Crippen molar-refractivity contribution in [2.24, 2.45) is 0 Å². The summed E-state index contributed by atoms with van der Waals surface area (Å²) in [4.78, 5) is 6.70. The average Bonchev–Trinajstić information content (AvgIpc) is 2.99. The molecule has 3 N–H and O–H groups in total. The van der Waals surface area contributed by atoms with E-state index in [9.17, 15) is 0 Å². The molecule has 6 nitrogen and oxygen atoms in total. The van der Waals surface area contributed by atoms with E-state index in [0.29, 0.717) is 31.0 Å². The standard InChI is InChI=1S/C16H15NO2.C13H9NO.C3H7BrO.CH4/c1-17-15-7-3-13(4-8-15)14-5-9-16(10-6-14)19-12-2-11-18;1-14-12-6-2-10(3-7-12)11-4-8-13(15)9-5-11;4-2-1-3-5;/h3-10,18H,2,11-12H2;2-9,15H;5H,1-3H2;1H4. The average molecular weight is 604 g/mol. The Labute approximate surface area is 245 Å². The van der Waals surface area contributed by atoms with Gasteiger partial charge in [0, 0.05) is 25.0 Å². The van der Waals surface area contributed by atoms with Crippen LogP contribution in [0.4, 0.5) is 11.4 Å². The number of aromatic hydroxyl groups is 1. The Hall–Kier alpha value is -4.14. The van der Waals surface area contributed by atoms with Crippen LogP contribution in [0.2, 0.25) is 0 Å². The molecule has 0 aliphatic carbocycles. The number of hydrogen-bond donors (Lipinski definition) is 3. The second-order valence-corrected chi connectivity index (χ2v) is 8.87. The molecule has 0 bridgehead atoms. The van der Waals surface area contributed by atoms with Gasteiger partial charge in [0.1, 0.15) is 11.5 Å². The maximum Gasteiger partial charge on any atom is 0.187 e. The smallest absolute Gasteiger partial charge is 0.187 e. The molecule has 0 aliphatic heterocycles. The Morgan fingerprint density at radius 1 is 0.600 bits per heavy atom. The molecule has 0 spiro atoms. The van der Waals surface area contributed by atoms with E-state index in [2.05, 4.69) is 25.6 Å². The van der Waals surface area contributed by atoms with Gasteiger partial charge in [-0.2, -0.15) is 0 Å². The van der Waals surface area contributed by atoms with Crippen molar-refractivity contribution in [2.45, 2.75) is 20.3 Å². The lowest BCUT2D eigenvalue weighted by atomic mass is 10.1. The minimum absolute atomic E-state index is 0. The number of phenols is 1. The molecule has 40 heavy (non-hydrogen) atoms. The Kier molecular flexibility index (Phi) is 16.8. The summed E-state index contributed by atoms with van der Waals surface area (Å²) in [5.41, 5.74) is 5.53. The number of benzene rings is 4. The highest BCUT2D eigenvalue weighted by molar-refractivity contribution is 9.09. The predicted octanol–water partition coefficient (Wildman–Crippen LogP) is 8.68. The molecule has 0 unspecified atom stereocenters. The number of aliphatic hydroxyl groups excluding tert-OH is 2. The fraction of sp³-hybridized carbons (Fsp3) is 0.212. The molecule has 0 fully saturated rings. The molecule has 4 aromatic carbocycles. The maximum absolute atomic E-state index is 9.15. The lowest BCUT2D eigenvalue weighted by Gasteiger charge is -2.06. The van der Waals surface area contributed by atoms with E-state index in [0.717, 1.165) is 39.8 Å². The molecule has 4 aromatic rings. The van der Waals surface area contributed by atoms with Crippen LogP contribution in [-0.2, 0) is 0 Å². The van der Waals surface area contributed by atoms with Crippen molar-refractivity contribution in [3.63, 3.8) is 0 Å². The number of halogens is 1.